The zero-order valence-corrected chi connectivity index (χ0v) is 13.1. The highest BCUT2D eigenvalue weighted by molar-refractivity contribution is 8.00. The Morgan fingerprint density at radius 2 is 1.95 bits per heavy atom. The molecule has 1 aromatic heterocycles. The Balaban J connectivity index is 1.73. The fraction of sp³-hybridized carbons (Fsp3) is 0.533. The number of hydrogen-bond donors (Lipinski definition) is 1. The van der Waals surface area contributed by atoms with E-state index in [-0.39, 0.29) is 0 Å². The lowest BCUT2D eigenvalue weighted by molar-refractivity contribution is 0.410. The van der Waals surface area contributed by atoms with Gasteiger partial charge in [0.15, 0.2) is 0 Å². The molecular formula is C15H21N5S. The van der Waals surface area contributed by atoms with E-state index in [1.807, 2.05) is 42.1 Å². The molecule has 0 radical (unpaired) electrons. The predicted octanol–water partition coefficient (Wildman–Crippen LogP) is 3.14. The summed E-state index contributed by atoms with van der Waals surface area (Å²) in [7, 11) is 0. The van der Waals surface area contributed by atoms with Crippen molar-refractivity contribution in [1.29, 1.82) is 0 Å². The van der Waals surface area contributed by atoms with Crippen LogP contribution in [0, 0.1) is 0 Å². The van der Waals surface area contributed by atoms with Crippen LogP contribution in [-0.4, -0.2) is 37.8 Å². The van der Waals surface area contributed by atoms with Crippen LogP contribution in [0.4, 0.5) is 5.95 Å². The van der Waals surface area contributed by atoms with Gasteiger partial charge in [-0.3, -0.25) is 0 Å². The number of nitrogens with zero attached hydrogens (tertiary/aromatic N) is 4. The molecule has 1 N–H and O–H groups in total. The van der Waals surface area contributed by atoms with Crippen LogP contribution in [0.3, 0.4) is 0 Å². The number of nitrogens with one attached hydrogen (secondary N) is 1. The molecule has 1 aromatic carbocycles. The van der Waals surface area contributed by atoms with E-state index >= 15 is 0 Å². The molecule has 5 nitrogen and oxygen atoms in total. The first-order chi connectivity index (χ1) is 10.3. The van der Waals surface area contributed by atoms with Gasteiger partial charge in [0.25, 0.3) is 0 Å². The Hall–Kier alpha value is -1.56. The Labute approximate surface area is 129 Å². The van der Waals surface area contributed by atoms with Crippen molar-refractivity contribution in [3.8, 4) is 5.69 Å². The summed E-state index contributed by atoms with van der Waals surface area (Å²) in [5, 5.41) is 15.5. The lowest BCUT2D eigenvalue weighted by Gasteiger charge is -2.35. The highest BCUT2D eigenvalue weighted by Crippen LogP contribution is 2.38. The SMILES string of the molecule is CSC1(CNc2nnnn2-c2ccccc2)CCCCC1. The molecule has 21 heavy (non-hydrogen) atoms. The molecule has 6 heteroatoms. The lowest BCUT2D eigenvalue weighted by Crippen LogP contribution is -2.36. The van der Waals surface area contributed by atoms with Gasteiger partial charge in [-0.05, 0) is 41.7 Å². The molecule has 112 valence electrons. The summed E-state index contributed by atoms with van der Waals surface area (Å²) in [5.41, 5.74) is 0.979. The highest BCUT2D eigenvalue weighted by Gasteiger charge is 2.31. The zero-order valence-electron chi connectivity index (χ0n) is 12.3. The van der Waals surface area contributed by atoms with Gasteiger partial charge in [-0.25, -0.2) is 0 Å². The third-order valence-corrected chi connectivity index (χ3v) is 5.66. The average molecular weight is 303 g/mol. The minimum absolute atomic E-state index is 0.325. The Bertz CT molecular complexity index is 562. The molecule has 0 bridgehead atoms. The van der Waals surface area contributed by atoms with Crippen molar-refractivity contribution in [3.05, 3.63) is 30.3 Å². The van der Waals surface area contributed by atoms with Crippen LogP contribution in [0.1, 0.15) is 32.1 Å². The van der Waals surface area contributed by atoms with E-state index < -0.39 is 0 Å². The Morgan fingerprint density at radius 1 is 1.19 bits per heavy atom. The van der Waals surface area contributed by atoms with Crippen molar-refractivity contribution in [3.63, 3.8) is 0 Å². The number of para-hydroxylation sites is 1. The standard InChI is InChI=1S/C15H21N5S/c1-21-15(10-6-3-7-11-15)12-16-14-17-18-19-20(14)13-8-4-2-5-9-13/h2,4-5,8-9H,3,6-7,10-12H2,1H3,(H,16,17,19). The smallest absolute Gasteiger partial charge is 0.247 e. The van der Waals surface area contributed by atoms with Gasteiger partial charge >= 0.3 is 0 Å². The molecule has 1 aliphatic carbocycles. The number of rotatable bonds is 5. The van der Waals surface area contributed by atoms with Crippen LogP contribution < -0.4 is 5.32 Å². The molecule has 2 aromatic rings. The fourth-order valence-electron chi connectivity index (χ4n) is 2.93. The molecule has 0 aliphatic heterocycles. The topological polar surface area (TPSA) is 55.6 Å². The monoisotopic (exact) mass is 303 g/mol. The molecule has 1 aliphatic rings. The third kappa shape index (κ3) is 3.20. The molecule has 1 heterocycles. The number of aromatic nitrogens is 4. The third-order valence-electron chi connectivity index (χ3n) is 4.24. The summed E-state index contributed by atoms with van der Waals surface area (Å²) in [4.78, 5) is 0. The lowest BCUT2D eigenvalue weighted by atomic mass is 9.88. The second-order valence-corrected chi connectivity index (χ2v) is 6.83. The number of hydrogen-bond acceptors (Lipinski definition) is 5. The van der Waals surface area contributed by atoms with Crippen LogP contribution in [0.25, 0.3) is 5.69 Å². The Kier molecular flexibility index (Phi) is 4.43. The number of tetrazole rings is 1. The van der Waals surface area contributed by atoms with Crippen molar-refractivity contribution < 1.29 is 0 Å². The minimum Gasteiger partial charge on any atom is -0.351 e. The van der Waals surface area contributed by atoms with Gasteiger partial charge in [0.05, 0.1) is 5.69 Å². The molecule has 0 spiro atoms. The molecule has 0 saturated heterocycles. The number of benzene rings is 1. The maximum absolute atomic E-state index is 4.12. The fourth-order valence-corrected chi connectivity index (χ4v) is 3.84. The van der Waals surface area contributed by atoms with E-state index in [2.05, 4.69) is 27.1 Å². The molecule has 0 unspecified atom stereocenters. The van der Waals surface area contributed by atoms with Gasteiger partial charge in [-0.2, -0.15) is 16.4 Å². The normalized spacial score (nSPS) is 17.6. The molecule has 1 fully saturated rings. The van der Waals surface area contributed by atoms with Crippen LogP contribution in [-0.2, 0) is 0 Å². The van der Waals surface area contributed by atoms with Crippen molar-refractivity contribution in [2.75, 3.05) is 18.1 Å². The van der Waals surface area contributed by atoms with Gasteiger partial charge in [0.2, 0.25) is 5.95 Å². The second kappa shape index (κ2) is 6.47. The Morgan fingerprint density at radius 3 is 2.67 bits per heavy atom. The van der Waals surface area contributed by atoms with E-state index in [9.17, 15) is 0 Å². The highest BCUT2D eigenvalue weighted by atomic mass is 32.2. The van der Waals surface area contributed by atoms with Gasteiger partial charge in [0, 0.05) is 11.3 Å². The van der Waals surface area contributed by atoms with Gasteiger partial charge in [-0.1, -0.05) is 42.6 Å². The van der Waals surface area contributed by atoms with Gasteiger partial charge in [-0.15, -0.1) is 0 Å². The van der Waals surface area contributed by atoms with Crippen LogP contribution in [0.5, 0.6) is 0 Å². The quantitative estimate of drug-likeness (QED) is 0.919. The summed E-state index contributed by atoms with van der Waals surface area (Å²) in [5.74, 6) is 0.722. The molecule has 3 rings (SSSR count). The molecule has 0 atom stereocenters. The summed E-state index contributed by atoms with van der Waals surface area (Å²) >= 11 is 1.98. The van der Waals surface area contributed by atoms with Gasteiger partial charge < -0.3 is 5.32 Å². The summed E-state index contributed by atoms with van der Waals surface area (Å²) < 4.78 is 2.09. The summed E-state index contributed by atoms with van der Waals surface area (Å²) in [6, 6.07) is 9.99. The van der Waals surface area contributed by atoms with Crippen molar-refractivity contribution in [2.24, 2.45) is 0 Å². The molecule has 0 amide bonds. The maximum Gasteiger partial charge on any atom is 0.247 e. The van der Waals surface area contributed by atoms with Crippen molar-refractivity contribution in [1.82, 2.24) is 20.2 Å². The van der Waals surface area contributed by atoms with Crippen molar-refractivity contribution in [2.45, 2.75) is 36.9 Å². The van der Waals surface area contributed by atoms with E-state index in [4.69, 9.17) is 0 Å². The van der Waals surface area contributed by atoms with Crippen LogP contribution in [0.15, 0.2) is 30.3 Å². The first kappa shape index (κ1) is 14.4. The summed E-state index contributed by atoms with van der Waals surface area (Å²) in [6.07, 6.45) is 8.78. The number of thioether (sulfide) groups is 1. The van der Waals surface area contributed by atoms with Crippen LogP contribution >= 0.6 is 11.8 Å². The first-order valence-corrected chi connectivity index (χ1v) is 8.68. The van der Waals surface area contributed by atoms with E-state index in [0.29, 0.717) is 4.75 Å². The summed E-state index contributed by atoms with van der Waals surface area (Å²) in [6.45, 7) is 0.918. The van der Waals surface area contributed by atoms with E-state index in [1.54, 1.807) is 4.68 Å². The maximum atomic E-state index is 4.12. The van der Waals surface area contributed by atoms with E-state index in [0.717, 1.165) is 18.2 Å². The van der Waals surface area contributed by atoms with E-state index in [1.165, 1.54) is 32.1 Å². The number of anilines is 1. The molecular weight excluding hydrogens is 282 g/mol. The van der Waals surface area contributed by atoms with Crippen LogP contribution in [0.2, 0.25) is 0 Å². The molecule has 1 saturated carbocycles. The largest absolute Gasteiger partial charge is 0.351 e. The minimum atomic E-state index is 0.325. The average Bonchev–Trinajstić information content (AvgIpc) is 3.03. The zero-order chi connectivity index (χ0) is 14.5. The van der Waals surface area contributed by atoms with Gasteiger partial charge in [0.1, 0.15) is 0 Å². The second-order valence-electron chi connectivity index (χ2n) is 5.55. The first-order valence-electron chi connectivity index (χ1n) is 7.46. The van der Waals surface area contributed by atoms with Crippen molar-refractivity contribution >= 4 is 17.7 Å². The predicted molar refractivity (Wildman–Crippen MR) is 87.0 cm³/mol.